The van der Waals surface area contributed by atoms with E-state index in [0.717, 1.165) is 16.8 Å². The van der Waals surface area contributed by atoms with E-state index in [-0.39, 0.29) is 5.91 Å². The maximum absolute atomic E-state index is 12.8. The fraction of sp³-hybridized carbons (Fsp3) is 0.100. The van der Waals surface area contributed by atoms with Crippen molar-refractivity contribution in [2.24, 2.45) is 0 Å². The van der Waals surface area contributed by atoms with Crippen LogP contribution in [0.25, 0.3) is 0 Å². The number of carbonyl (C=O) groups is 1. The van der Waals surface area contributed by atoms with Crippen LogP contribution in [0.3, 0.4) is 0 Å². The van der Waals surface area contributed by atoms with Gasteiger partial charge in [-0.15, -0.1) is 0 Å². The van der Waals surface area contributed by atoms with E-state index in [4.69, 9.17) is 0 Å². The Morgan fingerprint density at radius 1 is 1.00 bits per heavy atom. The number of carbonyl (C=O) groups excluding carboxylic acids is 1. The van der Waals surface area contributed by atoms with Gasteiger partial charge in [0, 0.05) is 6.20 Å². The molecule has 0 aliphatic carbocycles. The van der Waals surface area contributed by atoms with E-state index in [0.29, 0.717) is 12.2 Å². The first-order valence-electron chi connectivity index (χ1n) is 7.82. The van der Waals surface area contributed by atoms with Gasteiger partial charge in [0.1, 0.15) is 5.69 Å². The lowest BCUT2D eigenvalue weighted by Crippen LogP contribution is -2.36. The fourth-order valence-electron chi connectivity index (χ4n) is 2.45. The zero-order valence-corrected chi connectivity index (χ0v) is 13.5. The SMILES string of the molecule is Cc1cccc(CN(Nc2ccccc2)C(=O)c2ccccn2)c1. The van der Waals surface area contributed by atoms with Crippen LogP contribution in [0.4, 0.5) is 5.69 Å². The van der Waals surface area contributed by atoms with Crippen molar-refractivity contribution in [2.45, 2.75) is 13.5 Å². The molecule has 24 heavy (non-hydrogen) atoms. The summed E-state index contributed by atoms with van der Waals surface area (Å²) in [6, 6.07) is 23.1. The first kappa shape index (κ1) is 15.7. The smallest absolute Gasteiger partial charge is 0.291 e. The summed E-state index contributed by atoms with van der Waals surface area (Å²) in [5, 5.41) is 1.59. The molecule has 0 spiro atoms. The van der Waals surface area contributed by atoms with Gasteiger partial charge in [0.15, 0.2) is 0 Å². The highest BCUT2D eigenvalue weighted by atomic mass is 16.2. The van der Waals surface area contributed by atoms with Gasteiger partial charge in [0.2, 0.25) is 0 Å². The van der Waals surface area contributed by atoms with E-state index >= 15 is 0 Å². The monoisotopic (exact) mass is 317 g/mol. The Balaban J connectivity index is 1.87. The predicted octanol–water partition coefficient (Wildman–Crippen LogP) is 4.06. The minimum Gasteiger partial charge on any atom is -0.295 e. The van der Waals surface area contributed by atoms with Crippen LogP contribution in [0.2, 0.25) is 0 Å². The van der Waals surface area contributed by atoms with Crippen molar-refractivity contribution in [3.05, 3.63) is 95.8 Å². The van der Waals surface area contributed by atoms with Gasteiger partial charge >= 0.3 is 0 Å². The molecule has 1 aromatic heterocycles. The normalized spacial score (nSPS) is 10.2. The minimum absolute atomic E-state index is 0.166. The number of aryl methyl sites for hydroxylation is 1. The Hall–Kier alpha value is -3.14. The van der Waals surface area contributed by atoms with E-state index in [1.54, 1.807) is 23.3 Å². The molecule has 0 unspecified atom stereocenters. The molecule has 3 aromatic rings. The van der Waals surface area contributed by atoms with Crippen molar-refractivity contribution in [2.75, 3.05) is 5.43 Å². The maximum Gasteiger partial charge on any atom is 0.291 e. The molecule has 0 atom stereocenters. The molecule has 0 saturated heterocycles. The van der Waals surface area contributed by atoms with Gasteiger partial charge < -0.3 is 0 Å². The number of hydrazine groups is 1. The van der Waals surface area contributed by atoms with Crippen LogP contribution in [0.5, 0.6) is 0 Å². The molecule has 0 saturated carbocycles. The third-order valence-electron chi connectivity index (χ3n) is 3.59. The highest BCUT2D eigenvalue weighted by Crippen LogP contribution is 2.14. The number of para-hydroxylation sites is 1. The Labute approximate surface area is 141 Å². The number of rotatable bonds is 5. The fourth-order valence-corrected chi connectivity index (χ4v) is 2.45. The molecule has 4 heteroatoms. The Morgan fingerprint density at radius 2 is 1.79 bits per heavy atom. The van der Waals surface area contributed by atoms with Crippen molar-refractivity contribution in [3.63, 3.8) is 0 Å². The molecule has 0 radical (unpaired) electrons. The van der Waals surface area contributed by atoms with Crippen molar-refractivity contribution < 1.29 is 4.79 Å². The largest absolute Gasteiger partial charge is 0.295 e. The van der Waals surface area contributed by atoms with Crippen molar-refractivity contribution in [1.82, 2.24) is 9.99 Å². The van der Waals surface area contributed by atoms with E-state index < -0.39 is 0 Å². The molecule has 0 bridgehead atoms. The molecule has 1 amide bonds. The van der Waals surface area contributed by atoms with Gasteiger partial charge in [-0.1, -0.05) is 54.1 Å². The number of nitrogens with one attached hydrogen (secondary N) is 1. The molecule has 0 fully saturated rings. The number of aromatic nitrogens is 1. The zero-order valence-electron chi connectivity index (χ0n) is 13.5. The first-order chi connectivity index (χ1) is 11.7. The van der Waals surface area contributed by atoms with Crippen LogP contribution in [-0.4, -0.2) is 15.9 Å². The molecule has 1 N–H and O–H groups in total. The van der Waals surface area contributed by atoms with Crippen LogP contribution >= 0.6 is 0 Å². The Morgan fingerprint density at radius 3 is 2.50 bits per heavy atom. The quantitative estimate of drug-likeness (QED) is 0.722. The average molecular weight is 317 g/mol. The van der Waals surface area contributed by atoms with Gasteiger partial charge in [-0.3, -0.25) is 15.2 Å². The van der Waals surface area contributed by atoms with E-state index in [1.807, 2.05) is 61.5 Å². The lowest BCUT2D eigenvalue weighted by Gasteiger charge is -2.24. The zero-order chi connectivity index (χ0) is 16.8. The number of anilines is 1. The highest BCUT2D eigenvalue weighted by Gasteiger charge is 2.17. The van der Waals surface area contributed by atoms with E-state index in [9.17, 15) is 4.79 Å². The molecule has 1 heterocycles. The van der Waals surface area contributed by atoms with Crippen LogP contribution in [0.1, 0.15) is 21.6 Å². The Kier molecular flexibility index (Phi) is 4.87. The van der Waals surface area contributed by atoms with Gasteiger partial charge in [0.25, 0.3) is 5.91 Å². The number of amides is 1. The van der Waals surface area contributed by atoms with Crippen LogP contribution in [0.15, 0.2) is 79.0 Å². The average Bonchev–Trinajstić information content (AvgIpc) is 2.62. The summed E-state index contributed by atoms with van der Waals surface area (Å²) in [4.78, 5) is 17.0. The minimum atomic E-state index is -0.166. The van der Waals surface area contributed by atoms with Gasteiger partial charge in [0.05, 0.1) is 12.2 Å². The molecule has 120 valence electrons. The third-order valence-corrected chi connectivity index (χ3v) is 3.59. The molecular formula is C20H19N3O. The molecule has 0 aliphatic heterocycles. The molecule has 0 aliphatic rings. The predicted molar refractivity (Wildman–Crippen MR) is 95.4 cm³/mol. The number of pyridine rings is 1. The van der Waals surface area contributed by atoms with Gasteiger partial charge in [-0.05, 0) is 36.8 Å². The van der Waals surface area contributed by atoms with Crippen molar-refractivity contribution in [1.29, 1.82) is 0 Å². The summed E-state index contributed by atoms with van der Waals surface area (Å²) in [6.45, 7) is 2.49. The van der Waals surface area contributed by atoms with Crippen LogP contribution in [-0.2, 0) is 6.54 Å². The summed E-state index contributed by atoms with van der Waals surface area (Å²) in [6.07, 6.45) is 1.63. The van der Waals surface area contributed by atoms with Crippen molar-refractivity contribution in [3.8, 4) is 0 Å². The summed E-state index contributed by atoms with van der Waals surface area (Å²) in [5.74, 6) is -0.166. The Bertz CT molecular complexity index is 803. The van der Waals surface area contributed by atoms with E-state index in [2.05, 4.69) is 16.5 Å². The second-order valence-corrected chi connectivity index (χ2v) is 5.57. The second kappa shape index (κ2) is 7.42. The highest BCUT2D eigenvalue weighted by molar-refractivity contribution is 5.93. The summed E-state index contributed by atoms with van der Waals surface area (Å²) in [7, 11) is 0. The standard InChI is InChI=1S/C20H19N3O/c1-16-8-7-9-17(14-16)15-23(22-18-10-3-2-4-11-18)20(24)19-12-5-6-13-21-19/h2-14,22H,15H2,1H3. The van der Waals surface area contributed by atoms with Gasteiger partial charge in [-0.25, -0.2) is 5.01 Å². The van der Waals surface area contributed by atoms with E-state index in [1.165, 1.54) is 0 Å². The number of nitrogens with zero attached hydrogens (tertiary/aromatic N) is 2. The summed E-state index contributed by atoms with van der Waals surface area (Å²) in [5.41, 5.74) is 6.68. The topological polar surface area (TPSA) is 45.2 Å². The lowest BCUT2D eigenvalue weighted by molar-refractivity contribution is 0.0777. The van der Waals surface area contributed by atoms with Crippen LogP contribution < -0.4 is 5.43 Å². The number of hydrogen-bond acceptors (Lipinski definition) is 3. The third kappa shape index (κ3) is 3.98. The summed E-state index contributed by atoms with van der Waals surface area (Å²) < 4.78 is 0. The molecule has 4 nitrogen and oxygen atoms in total. The molecule has 3 rings (SSSR count). The van der Waals surface area contributed by atoms with Crippen LogP contribution in [0, 0.1) is 6.92 Å². The second-order valence-electron chi connectivity index (χ2n) is 5.57. The first-order valence-corrected chi connectivity index (χ1v) is 7.82. The number of hydrogen-bond donors (Lipinski definition) is 1. The molecule has 2 aromatic carbocycles. The maximum atomic E-state index is 12.8. The number of benzene rings is 2. The molecular weight excluding hydrogens is 298 g/mol. The van der Waals surface area contributed by atoms with Crippen molar-refractivity contribution >= 4 is 11.6 Å². The summed E-state index contributed by atoms with van der Waals surface area (Å²) >= 11 is 0. The lowest BCUT2D eigenvalue weighted by atomic mass is 10.1. The van der Waals surface area contributed by atoms with Gasteiger partial charge in [-0.2, -0.15) is 0 Å².